The molecule has 94 valence electrons. The first-order valence-corrected chi connectivity index (χ1v) is 6.12. The highest BCUT2D eigenvalue weighted by Gasteiger charge is 2.44. The summed E-state index contributed by atoms with van der Waals surface area (Å²) in [6.07, 6.45) is 0.658. The van der Waals surface area contributed by atoms with E-state index < -0.39 is 30.7 Å². The van der Waals surface area contributed by atoms with Crippen LogP contribution in [0.4, 0.5) is 4.39 Å². The molecule has 1 heterocycles. The summed E-state index contributed by atoms with van der Waals surface area (Å²) in [6.45, 7) is -0.383. The van der Waals surface area contributed by atoms with E-state index in [0.717, 1.165) is 3.58 Å². The van der Waals surface area contributed by atoms with E-state index in [1.54, 1.807) is 12.4 Å². The minimum atomic E-state index is -1.36. The van der Waals surface area contributed by atoms with E-state index in [0.29, 0.717) is 0 Å². The highest BCUT2D eigenvalue weighted by molar-refractivity contribution is 14.1. The topological polar surface area (TPSA) is 76.3 Å². The van der Waals surface area contributed by atoms with Crippen molar-refractivity contribution in [1.29, 1.82) is 0 Å². The van der Waals surface area contributed by atoms with Crippen LogP contribution in [-0.2, 0) is 0 Å². The molecule has 2 rings (SSSR count). The van der Waals surface area contributed by atoms with Gasteiger partial charge in [0.2, 0.25) is 0 Å². The Morgan fingerprint density at radius 2 is 2.24 bits per heavy atom. The Kier molecular flexibility index (Phi) is 3.81. The predicted octanol–water partition coefficient (Wildman–Crippen LogP) is -0.0734. The number of hydrogen-bond acceptors (Lipinski definition) is 5. The SMILES string of the molecule is OCC1=C(F)[C@@H](N2C=C(I)C=NC2)[C@H](O)[C@@H]1O. The molecule has 0 saturated heterocycles. The first-order chi connectivity index (χ1) is 8.06. The van der Waals surface area contributed by atoms with E-state index in [4.69, 9.17) is 5.11 Å². The Labute approximate surface area is 111 Å². The number of aliphatic imine (C=N–C) groups is 1. The molecule has 0 saturated carbocycles. The standard InChI is InChI=1S/C10H12FIN2O3/c11-7-6(3-15)9(16)10(17)8(7)14-2-5(12)1-13-4-14/h1-2,8-10,15-17H,3-4H2/t8-,9-,10+/m1/s1. The Morgan fingerprint density at radius 1 is 1.53 bits per heavy atom. The summed E-state index contributed by atoms with van der Waals surface area (Å²) in [7, 11) is 0. The lowest BCUT2D eigenvalue weighted by atomic mass is 10.1. The van der Waals surface area contributed by atoms with Crippen molar-refractivity contribution in [3.05, 3.63) is 21.2 Å². The van der Waals surface area contributed by atoms with Crippen LogP contribution in [0.5, 0.6) is 0 Å². The summed E-state index contributed by atoms with van der Waals surface area (Å²) in [5, 5.41) is 28.4. The van der Waals surface area contributed by atoms with Gasteiger partial charge in [0.25, 0.3) is 0 Å². The van der Waals surface area contributed by atoms with E-state index >= 15 is 0 Å². The fraction of sp³-hybridized carbons (Fsp3) is 0.500. The van der Waals surface area contributed by atoms with Gasteiger partial charge in [-0.25, -0.2) is 4.39 Å². The molecular formula is C10H12FIN2O3. The Morgan fingerprint density at radius 3 is 2.76 bits per heavy atom. The molecular weight excluding hydrogens is 342 g/mol. The van der Waals surface area contributed by atoms with E-state index in [-0.39, 0.29) is 12.2 Å². The Hall–Kier alpha value is -0.510. The van der Waals surface area contributed by atoms with Crippen LogP contribution in [0.15, 0.2) is 26.2 Å². The second kappa shape index (κ2) is 5.01. The van der Waals surface area contributed by atoms with Gasteiger partial charge in [-0.2, -0.15) is 0 Å². The first-order valence-electron chi connectivity index (χ1n) is 5.04. The van der Waals surface area contributed by atoms with Gasteiger partial charge >= 0.3 is 0 Å². The monoisotopic (exact) mass is 354 g/mol. The normalized spacial score (nSPS) is 33.4. The fourth-order valence-corrected chi connectivity index (χ4v) is 2.55. The van der Waals surface area contributed by atoms with Gasteiger partial charge in [0.15, 0.2) is 0 Å². The third kappa shape index (κ3) is 2.24. The summed E-state index contributed by atoms with van der Waals surface area (Å²) >= 11 is 2.03. The zero-order chi connectivity index (χ0) is 12.6. The largest absolute Gasteiger partial charge is 0.392 e. The Bertz CT molecular complexity index is 410. The zero-order valence-electron chi connectivity index (χ0n) is 8.79. The lowest BCUT2D eigenvalue weighted by Crippen LogP contribution is -2.43. The highest BCUT2D eigenvalue weighted by atomic mass is 127. The van der Waals surface area contributed by atoms with Crippen LogP contribution in [0.2, 0.25) is 0 Å². The van der Waals surface area contributed by atoms with Gasteiger partial charge in [0.05, 0.1) is 6.61 Å². The van der Waals surface area contributed by atoms with Crippen LogP contribution in [0.1, 0.15) is 0 Å². The molecule has 5 nitrogen and oxygen atoms in total. The van der Waals surface area contributed by atoms with Gasteiger partial charge in [-0.3, -0.25) is 4.99 Å². The van der Waals surface area contributed by atoms with Crippen molar-refractivity contribution in [3.63, 3.8) is 0 Å². The molecule has 0 amide bonds. The van der Waals surface area contributed by atoms with Gasteiger partial charge < -0.3 is 20.2 Å². The van der Waals surface area contributed by atoms with Crippen molar-refractivity contribution in [2.75, 3.05) is 13.3 Å². The van der Waals surface area contributed by atoms with Crippen molar-refractivity contribution in [1.82, 2.24) is 4.90 Å². The second-order valence-corrected chi connectivity index (χ2v) is 5.14. The molecule has 0 fully saturated rings. The van der Waals surface area contributed by atoms with Gasteiger partial charge in [-0.1, -0.05) is 0 Å². The number of nitrogens with zero attached hydrogens (tertiary/aromatic N) is 2. The minimum Gasteiger partial charge on any atom is -0.392 e. The number of aliphatic hydroxyl groups is 3. The number of rotatable bonds is 2. The third-order valence-electron chi connectivity index (χ3n) is 2.85. The second-order valence-electron chi connectivity index (χ2n) is 3.89. The molecule has 0 spiro atoms. The van der Waals surface area contributed by atoms with Crippen molar-refractivity contribution in [2.24, 2.45) is 4.99 Å². The van der Waals surface area contributed by atoms with E-state index in [2.05, 4.69) is 4.99 Å². The molecule has 0 radical (unpaired) electrons. The molecule has 3 atom stereocenters. The van der Waals surface area contributed by atoms with Gasteiger partial charge in [-0.05, 0) is 22.6 Å². The van der Waals surface area contributed by atoms with Crippen LogP contribution in [0, 0.1) is 0 Å². The zero-order valence-corrected chi connectivity index (χ0v) is 11.0. The Balaban J connectivity index is 2.27. The first kappa shape index (κ1) is 12.9. The van der Waals surface area contributed by atoms with Gasteiger partial charge in [0.1, 0.15) is 30.7 Å². The minimum absolute atomic E-state index is 0.152. The van der Waals surface area contributed by atoms with Crippen LogP contribution in [-0.4, -0.2) is 58.0 Å². The highest BCUT2D eigenvalue weighted by Crippen LogP contribution is 2.33. The quantitative estimate of drug-likeness (QED) is 0.607. The van der Waals surface area contributed by atoms with Crippen molar-refractivity contribution in [2.45, 2.75) is 18.2 Å². The van der Waals surface area contributed by atoms with E-state index in [9.17, 15) is 14.6 Å². The molecule has 1 aliphatic heterocycles. The summed E-state index contributed by atoms with van der Waals surface area (Å²) in [4.78, 5) is 5.52. The summed E-state index contributed by atoms with van der Waals surface area (Å²) in [6, 6.07) is -0.977. The van der Waals surface area contributed by atoms with Crippen molar-refractivity contribution < 1.29 is 19.7 Å². The maximum absolute atomic E-state index is 13.9. The average Bonchev–Trinajstić information content (AvgIpc) is 2.50. The summed E-state index contributed by atoms with van der Waals surface area (Å²) in [5.74, 6) is -0.676. The molecule has 0 aromatic heterocycles. The molecule has 0 bridgehead atoms. The molecule has 2 aliphatic rings. The number of allylic oxidation sites excluding steroid dienone is 1. The number of aliphatic hydroxyl groups excluding tert-OH is 3. The molecule has 1 aliphatic carbocycles. The lowest BCUT2D eigenvalue weighted by molar-refractivity contribution is 0.0107. The van der Waals surface area contributed by atoms with Crippen LogP contribution in [0.25, 0.3) is 0 Å². The van der Waals surface area contributed by atoms with Crippen LogP contribution in [0.3, 0.4) is 0 Å². The van der Waals surface area contributed by atoms with Gasteiger partial charge in [0, 0.05) is 21.6 Å². The maximum atomic E-state index is 13.9. The average molecular weight is 354 g/mol. The summed E-state index contributed by atoms with van der Waals surface area (Å²) in [5.41, 5.74) is -0.152. The van der Waals surface area contributed by atoms with Gasteiger partial charge in [-0.15, -0.1) is 0 Å². The lowest BCUT2D eigenvalue weighted by Gasteiger charge is -2.30. The number of hydrogen-bond donors (Lipinski definition) is 3. The summed E-state index contributed by atoms with van der Waals surface area (Å²) < 4.78 is 14.7. The number of halogens is 2. The molecule has 3 N–H and O–H groups in total. The predicted molar refractivity (Wildman–Crippen MR) is 68.3 cm³/mol. The fourth-order valence-electron chi connectivity index (χ4n) is 1.99. The molecule has 7 heteroatoms. The van der Waals surface area contributed by atoms with E-state index in [1.165, 1.54) is 4.90 Å². The maximum Gasteiger partial charge on any atom is 0.129 e. The van der Waals surface area contributed by atoms with E-state index in [1.807, 2.05) is 22.6 Å². The molecule has 0 unspecified atom stereocenters. The van der Waals surface area contributed by atoms with Crippen LogP contribution >= 0.6 is 22.6 Å². The molecule has 17 heavy (non-hydrogen) atoms. The van der Waals surface area contributed by atoms with Crippen LogP contribution < -0.4 is 0 Å². The molecule has 0 aromatic rings. The smallest absolute Gasteiger partial charge is 0.129 e. The molecule has 0 aromatic carbocycles. The third-order valence-corrected chi connectivity index (χ3v) is 3.40. The van der Waals surface area contributed by atoms with Crippen molar-refractivity contribution >= 4 is 28.8 Å². The van der Waals surface area contributed by atoms with Crippen molar-refractivity contribution in [3.8, 4) is 0 Å².